The monoisotopic (exact) mass is 310 g/mol. The fourth-order valence-corrected chi connectivity index (χ4v) is 2.59. The first-order valence-corrected chi connectivity index (χ1v) is 7.25. The van der Waals surface area contributed by atoms with Gasteiger partial charge in [0.25, 0.3) is 5.91 Å². The highest BCUT2D eigenvalue weighted by atomic mass is 35.5. The molecule has 0 saturated heterocycles. The number of rotatable bonds is 4. The lowest BCUT2D eigenvalue weighted by atomic mass is 10.1. The van der Waals surface area contributed by atoms with Crippen LogP contribution >= 0.6 is 22.9 Å². The number of halogens is 1. The van der Waals surface area contributed by atoms with Gasteiger partial charge in [-0.25, -0.2) is 9.97 Å². The molecule has 0 spiro atoms. The first kappa shape index (κ1) is 14.7. The highest BCUT2D eigenvalue weighted by Gasteiger charge is 2.27. The third-order valence-electron chi connectivity index (χ3n) is 2.75. The second kappa shape index (κ2) is 5.76. The quantitative estimate of drug-likeness (QED) is 0.911. The molecular formula is C13H15ClN4OS. The van der Waals surface area contributed by atoms with Crippen LogP contribution in [0.5, 0.6) is 0 Å². The van der Waals surface area contributed by atoms with Gasteiger partial charge in [-0.15, -0.1) is 11.3 Å². The number of pyridine rings is 1. The summed E-state index contributed by atoms with van der Waals surface area (Å²) >= 11 is 7.53. The number of carbonyl (C=O) groups is 1. The second-order valence-electron chi connectivity index (χ2n) is 4.72. The molecule has 0 bridgehead atoms. The minimum Gasteiger partial charge on any atom is -0.373 e. The maximum absolute atomic E-state index is 12.4. The van der Waals surface area contributed by atoms with Crippen LogP contribution in [0.4, 0.5) is 5.82 Å². The summed E-state index contributed by atoms with van der Waals surface area (Å²) in [6, 6.07) is 1.62. The lowest BCUT2D eigenvalue weighted by Gasteiger charge is -2.24. The van der Waals surface area contributed by atoms with Crippen LogP contribution in [-0.4, -0.2) is 22.9 Å². The SMILES string of the molecule is CNc1cc(C(=O)NC(C)(C)c2nccs2)c(Cl)cn1. The largest absolute Gasteiger partial charge is 0.373 e. The fraction of sp³-hybridized carbons (Fsp3) is 0.308. The average Bonchev–Trinajstić information content (AvgIpc) is 2.93. The summed E-state index contributed by atoms with van der Waals surface area (Å²) in [7, 11) is 1.73. The Morgan fingerprint density at radius 3 is 2.75 bits per heavy atom. The van der Waals surface area contributed by atoms with Gasteiger partial charge < -0.3 is 10.6 Å². The maximum Gasteiger partial charge on any atom is 0.253 e. The number of nitrogens with zero attached hydrogens (tertiary/aromatic N) is 2. The van der Waals surface area contributed by atoms with Crippen molar-refractivity contribution in [1.82, 2.24) is 15.3 Å². The molecule has 0 aromatic carbocycles. The predicted molar refractivity (Wildman–Crippen MR) is 81.4 cm³/mol. The Labute approximate surface area is 126 Å². The van der Waals surface area contributed by atoms with E-state index in [0.717, 1.165) is 5.01 Å². The number of thiazole rings is 1. The van der Waals surface area contributed by atoms with E-state index in [1.165, 1.54) is 17.5 Å². The van der Waals surface area contributed by atoms with E-state index in [1.807, 2.05) is 19.2 Å². The zero-order valence-corrected chi connectivity index (χ0v) is 13.0. The Morgan fingerprint density at radius 2 is 2.15 bits per heavy atom. The number of amides is 1. The van der Waals surface area contributed by atoms with Crippen molar-refractivity contribution in [2.24, 2.45) is 0 Å². The Morgan fingerprint density at radius 1 is 1.40 bits per heavy atom. The molecule has 2 heterocycles. The Balaban J connectivity index is 2.24. The van der Waals surface area contributed by atoms with E-state index in [1.54, 1.807) is 19.3 Å². The standard InChI is InChI=1S/C13H15ClN4OS/c1-13(2,12-16-4-5-20-12)18-11(19)8-6-10(15-3)17-7-9(8)14/h4-7H,1-3H3,(H,15,17)(H,18,19). The van der Waals surface area contributed by atoms with Gasteiger partial charge >= 0.3 is 0 Å². The van der Waals surface area contributed by atoms with Gasteiger partial charge in [-0.3, -0.25) is 4.79 Å². The van der Waals surface area contributed by atoms with Crippen LogP contribution in [0.25, 0.3) is 0 Å². The Kier molecular flexibility index (Phi) is 4.25. The van der Waals surface area contributed by atoms with Crippen LogP contribution in [0.1, 0.15) is 29.2 Å². The summed E-state index contributed by atoms with van der Waals surface area (Å²) in [5.41, 5.74) is -0.173. The number of nitrogens with one attached hydrogen (secondary N) is 2. The van der Waals surface area contributed by atoms with Crippen molar-refractivity contribution in [2.45, 2.75) is 19.4 Å². The van der Waals surface area contributed by atoms with Crippen LogP contribution in [-0.2, 0) is 5.54 Å². The van der Waals surface area contributed by atoms with E-state index in [4.69, 9.17) is 11.6 Å². The summed E-state index contributed by atoms with van der Waals surface area (Å²) in [5, 5.41) is 8.85. The minimum atomic E-state index is -0.558. The third-order valence-corrected chi connectivity index (χ3v) is 4.15. The molecule has 0 atom stereocenters. The van der Waals surface area contributed by atoms with Gasteiger partial charge in [-0.05, 0) is 19.9 Å². The molecule has 0 aliphatic heterocycles. The molecule has 0 aliphatic carbocycles. The molecule has 2 aromatic rings. The van der Waals surface area contributed by atoms with Crippen LogP contribution in [0.2, 0.25) is 5.02 Å². The van der Waals surface area contributed by atoms with Crippen molar-refractivity contribution in [3.8, 4) is 0 Å². The molecule has 106 valence electrons. The zero-order chi connectivity index (χ0) is 14.8. The number of aromatic nitrogens is 2. The zero-order valence-electron chi connectivity index (χ0n) is 11.4. The third kappa shape index (κ3) is 3.08. The molecule has 2 N–H and O–H groups in total. The van der Waals surface area contributed by atoms with Gasteiger partial charge in [0, 0.05) is 24.8 Å². The summed E-state index contributed by atoms with van der Waals surface area (Å²) in [5.74, 6) is 0.334. The predicted octanol–water partition coefficient (Wildman–Crippen LogP) is 2.90. The normalized spacial score (nSPS) is 11.2. The highest BCUT2D eigenvalue weighted by molar-refractivity contribution is 7.09. The molecule has 0 fully saturated rings. The van der Waals surface area contributed by atoms with Gasteiger partial charge in [0.15, 0.2) is 0 Å². The van der Waals surface area contributed by atoms with E-state index in [-0.39, 0.29) is 5.91 Å². The van der Waals surface area contributed by atoms with Crippen LogP contribution in [0.3, 0.4) is 0 Å². The van der Waals surface area contributed by atoms with Crippen molar-refractivity contribution in [3.05, 3.63) is 39.4 Å². The molecule has 20 heavy (non-hydrogen) atoms. The molecule has 0 unspecified atom stereocenters. The van der Waals surface area contributed by atoms with Crippen molar-refractivity contribution in [3.63, 3.8) is 0 Å². The first-order chi connectivity index (χ1) is 9.44. The molecule has 0 radical (unpaired) electrons. The maximum atomic E-state index is 12.4. The smallest absolute Gasteiger partial charge is 0.253 e. The van der Waals surface area contributed by atoms with Crippen LogP contribution in [0.15, 0.2) is 23.8 Å². The minimum absolute atomic E-state index is 0.255. The topological polar surface area (TPSA) is 66.9 Å². The van der Waals surface area contributed by atoms with E-state index >= 15 is 0 Å². The lowest BCUT2D eigenvalue weighted by molar-refractivity contribution is 0.0912. The lowest BCUT2D eigenvalue weighted by Crippen LogP contribution is -2.41. The first-order valence-electron chi connectivity index (χ1n) is 6.00. The highest BCUT2D eigenvalue weighted by Crippen LogP contribution is 2.24. The van der Waals surface area contributed by atoms with Gasteiger partial charge in [-0.1, -0.05) is 11.6 Å². The van der Waals surface area contributed by atoms with Gasteiger partial charge in [0.2, 0.25) is 0 Å². The van der Waals surface area contributed by atoms with E-state index in [9.17, 15) is 4.79 Å². The van der Waals surface area contributed by atoms with E-state index in [0.29, 0.717) is 16.4 Å². The molecule has 2 aromatic heterocycles. The molecule has 0 saturated carbocycles. The van der Waals surface area contributed by atoms with Gasteiger partial charge in [0.05, 0.1) is 16.1 Å². The van der Waals surface area contributed by atoms with Crippen molar-refractivity contribution in [1.29, 1.82) is 0 Å². The molecule has 2 rings (SSSR count). The number of hydrogen-bond donors (Lipinski definition) is 2. The van der Waals surface area contributed by atoms with Gasteiger partial charge in [-0.2, -0.15) is 0 Å². The van der Waals surface area contributed by atoms with Crippen molar-refractivity contribution in [2.75, 3.05) is 12.4 Å². The Hall–Kier alpha value is -1.66. The number of anilines is 1. The summed E-state index contributed by atoms with van der Waals surface area (Å²) < 4.78 is 0. The Bertz CT molecular complexity index is 613. The summed E-state index contributed by atoms with van der Waals surface area (Å²) in [6.45, 7) is 3.80. The molecule has 5 nitrogen and oxygen atoms in total. The summed E-state index contributed by atoms with van der Waals surface area (Å²) in [4.78, 5) is 20.7. The van der Waals surface area contributed by atoms with Crippen LogP contribution < -0.4 is 10.6 Å². The van der Waals surface area contributed by atoms with Crippen molar-refractivity contribution < 1.29 is 4.79 Å². The molecule has 0 aliphatic rings. The van der Waals surface area contributed by atoms with Gasteiger partial charge in [0.1, 0.15) is 10.8 Å². The van der Waals surface area contributed by atoms with E-state index in [2.05, 4.69) is 20.6 Å². The number of hydrogen-bond acceptors (Lipinski definition) is 5. The van der Waals surface area contributed by atoms with Crippen molar-refractivity contribution >= 4 is 34.7 Å². The molecule has 7 heteroatoms. The second-order valence-corrected chi connectivity index (χ2v) is 6.02. The fourth-order valence-electron chi connectivity index (χ4n) is 1.69. The van der Waals surface area contributed by atoms with E-state index < -0.39 is 5.54 Å². The van der Waals surface area contributed by atoms with Crippen LogP contribution in [0, 0.1) is 0 Å². The summed E-state index contributed by atoms with van der Waals surface area (Å²) in [6.07, 6.45) is 3.17. The molecule has 1 amide bonds. The average molecular weight is 311 g/mol. The number of carbonyl (C=O) groups excluding carboxylic acids is 1. The molecular weight excluding hydrogens is 296 g/mol.